The Labute approximate surface area is 326 Å². The number of nitrogens with zero attached hydrogens (tertiary/aromatic N) is 1. The molecule has 1 atom stereocenters. The molecule has 2 nitrogen and oxygen atoms in total. The van der Waals surface area contributed by atoms with Crippen LogP contribution >= 0.6 is 11.3 Å². The number of aliphatic imine (C=N–C) groups is 1. The number of rotatable bonds is 9. The van der Waals surface area contributed by atoms with Crippen LogP contribution in [0.5, 0.6) is 0 Å². The van der Waals surface area contributed by atoms with Crippen molar-refractivity contribution < 1.29 is 0 Å². The van der Waals surface area contributed by atoms with Gasteiger partial charge in [-0.2, -0.15) is 0 Å². The predicted octanol–water partition coefficient (Wildman–Crippen LogP) is 14.4. The molecule has 0 bridgehead atoms. The lowest BCUT2D eigenvalue weighted by atomic mass is 9.88. The number of amidine groups is 1. The molecular formula is C52H42N2S. The van der Waals surface area contributed by atoms with Crippen LogP contribution in [-0.4, -0.2) is 5.84 Å². The third-order valence-electron chi connectivity index (χ3n) is 11.4. The van der Waals surface area contributed by atoms with E-state index in [9.17, 15) is 0 Å². The Morgan fingerprint density at radius 2 is 1.15 bits per heavy atom. The van der Waals surface area contributed by atoms with E-state index in [1.54, 1.807) is 0 Å². The molecule has 8 aromatic carbocycles. The first kappa shape index (κ1) is 33.5. The maximum atomic E-state index is 5.38. The van der Waals surface area contributed by atoms with Crippen molar-refractivity contribution in [2.75, 3.05) is 0 Å². The van der Waals surface area contributed by atoms with E-state index in [1.165, 1.54) is 87.1 Å². The van der Waals surface area contributed by atoms with Crippen molar-refractivity contribution in [3.63, 3.8) is 0 Å². The Morgan fingerprint density at radius 1 is 0.527 bits per heavy atom. The minimum absolute atomic E-state index is 0.0348. The number of benzene rings is 8. The normalized spacial score (nSPS) is 14.7. The van der Waals surface area contributed by atoms with Gasteiger partial charge in [0.2, 0.25) is 0 Å². The largest absolute Gasteiger partial charge is 0.359 e. The number of nitrogens with one attached hydrogen (secondary N) is 1. The highest BCUT2D eigenvalue weighted by atomic mass is 32.1. The molecule has 1 unspecified atom stereocenters. The number of unbranched alkanes of at least 4 members (excludes halogenated alkanes) is 1. The molecule has 9 aromatic rings. The zero-order valence-corrected chi connectivity index (χ0v) is 32.1. The maximum Gasteiger partial charge on any atom is 0.134 e. The Balaban J connectivity index is 1.14. The summed E-state index contributed by atoms with van der Waals surface area (Å²) < 4.78 is 2.72. The fourth-order valence-electron chi connectivity index (χ4n) is 8.77. The number of thiophene rings is 1. The standard InChI is InChI=1S/C52H42N2S/c1-3-5-16-33-27-38(30-39(28-33)40-31-45-43-24-13-12-23-42(43)44-25-15-26-46-48(44)49(45)47(32-40)55-46)36-21-14-22-37(29-36)51-41(4-2)50(34-17-8-6-9-18-34)53-52(54-51)35-19-10-7-11-20-35/h6-15,17-32,50H,3-5,16H2,1-2H3,(H,53,54). The molecule has 1 aromatic heterocycles. The smallest absolute Gasteiger partial charge is 0.134 e. The van der Waals surface area contributed by atoms with Crippen molar-refractivity contribution in [2.45, 2.75) is 45.6 Å². The Morgan fingerprint density at radius 3 is 1.93 bits per heavy atom. The van der Waals surface area contributed by atoms with Gasteiger partial charge in [-0.1, -0.05) is 148 Å². The van der Waals surface area contributed by atoms with Crippen molar-refractivity contribution in [1.29, 1.82) is 0 Å². The first-order valence-electron chi connectivity index (χ1n) is 19.7. The molecule has 0 amide bonds. The monoisotopic (exact) mass is 726 g/mol. The highest BCUT2D eigenvalue weighted by Crippen LogP contribution is 2.47. The zero-order valence-electron chi connectivity index (χ0n) is 31.3. The molecule has 1 aliphatic heterocycles. The molecule has 0 saturated heterocycles. The van der Waals surface area contributed by atoms with E-state index in [-0.39, 0.29) is 6.04 Å². The van der Waals surface area contributed by atoms with E-state index in [2.05, 4.69) is 177 Å². The van der Waals surface area contributed by atoms with E-state index in [0.717, 1.165) is 41.9 Å². The summed E-state index contributed by atoms with van der Waals surface area (Å²) >= 11 is 1.92. The van der Waals surface area contributed by atoms with Gasteiger partial charge in [0.05, 0.1) is 11.7 Å². The van der Waals surface area contributed by atoms with Crippen molar-refractivity contribution in [1.82, 2.24) is 5.32 Å². The summed E-state index contributed by atoms with van der Waals surface area (Å²) in [7, 11) is 0. The topological polar surface area (TPSA) is 24.4 Å². The number of aryl methyl sites for hydroxylation is 1. The lowest BCUT2D eigenvalue weighted by Crippen LogP contribution is -2.34. The van der Waals surface area contributed by atoms with Crippen LogP contribution in [0.25, 0.3) is 69.7 Å². The van der Waals surface area contributed by atoms with Gasteiger partial charge in [-0.25, -0.2) is 4.99 Å². The summed E-state index contributed by atoms with van der Waals surface area (Å²) in [4.78, 5) is 5.38. The summed E-state index contributed by atoms with van der Waals surface area (Å²) in [6.45, 7) is 4.54. The van der Waals surface area contributed by atoms with Gasteiger partial charge in [0.1, 0.15) is 5.84 Å². The lowest BCUT2D eigenvalue weighted by molar-refractivity contribution is 0.705. The van der Waals surface area contributed by atoms with E-state index >= 15 is 0 Å². The first-order chi connectivity index (χ1) is 27.2. The van der Waals surface area contributed by atoms with E-state index < -0.39 is 0 Å². The van der Waals surface area contributed by atoms with Crippen LogP contribution < -0.4 is 5.32 Å². The van der Waals surface area contributed by atoms with Gasteiger partial charge in [-0.05, 0) is 110 Å². The number of hydrogen-bond acceptors (Lipinski definition) is 3. The third kappa shape index (κ3) is 5.91. The highest BCUT2D eigenvalue weighted by Gasteiger charge is 2.27. The molecule has 1 N–H and O–H groups in total. The summed E-state index contributed by atoms with van der Waals surface area (Å²) in [6, 6.07) is 58.3. The fraction of sp³-hybridized carbons (Fsp3) is 0.135. The van der Waals surface area contributed by atoms with Gasteiger partial charge in [0.15, 0.2) is 0 Å². The van der Waals surface area contributed by atoms with E-state index in [4.69, 9.17) is 4.99 Å². The molecule has 55 heavy (non-hydrogen) atoms. The van der Waals surface area contributed by atoms with Crippen LogP contribution in [0.1, 0.15) is 61.4 Å². The van der Waals surface area contributed by atoms with Gasteiger partial charge in [0, 0.05) is 31.3 Å². The Bertz CT molecular complexity index is 2920. The first-order valence-corrected chi connectivity index (χ1v) is 20.5. The second kappa shape index (κ2) is 14.0. The fourth-order valence-corrected chi connectivity index (χ4v) is 9.97. The van der Waals surface area contributed by atoms with Gasteiger partial charge in [-0.3, -0.25) is 0 Å². The number of fused-ring (bicyclic) bond motifs is 3. The zero-order chi connectivity index (χ0) is 36.9. The summed E-state index contributed by atoms with van der Waals surface area (Å²) in [5.74, 6) is 0.908. The van der Waals surface area contributed by atoms with Crippen LogP contribution in [-0.2, 0) is 6.42 Å². The van der Waals surface area contributed by atoms with Gasteiger partial charge in [0.25, 0.3) is 0 Å². The molecule has 0 fully saturated rings. The van der Waals surface area contributed by atoms with Gasteiger partial charge >= 0.3 is 0 Å². The minimum Gasteiger partial charge on any atom is -0.359 e. The van der Waals surface area contributed by atoms with E-state index in [1.807, 2.05) is 11.3 Å². The SMILES string of the molecule is CCCCc1cc(-c2cccc(C3=C(CC)C(c4ccccc4)NC(c4ccccc4)=N3)c2)cc(-c2cc3sc4cccc5c6ccccc6c(c2)c3c45)c1. The second-order valence-corrected chi connectivity index (χ2v) is 16.0. The molecule has 2 heterocycles. The van der Waals surface area contributed by atoms with Crippen LogP contribution in [0.2, 0.25) is 0 Å². The summed E-state index contributed by atoms with van der Waals surface area (Å²) in [6.07, 6.45) is 4.28. The predicted molar refractivity (Wildman–Crippen MR) is 238 cm³/mol. The van der Waals surface area contributed by atoms with Crippen LogP contribution in [0, 0.1) is 0 Å². The molecule has 0 radical (unpaired) electrons. The minimum atomic E-state index is 0.0348. The molecule has 0 saturated carbocycles. The van der Waals surface area contributed by atoms with Gasteiger partial charge in [-0.15, -0.1) is 11.3 Å². The van der Waals surface area contributed by atoms with E-state index in [0.29, 0.717) is 0 Å². The molecule has 0 aliphatic carbocycles. The quantitative estimate of drug-likeness (QED) is 0.147. The molecule has 266 valence electrons. The second-order valence-electron chi connectivity index (χ2n) is 14.9. The molecule has 1 aliphatic rings. The lowest BCUT2D eigenvalue weighted by Gasteiger charge is -2.30. The summed E-state index contributed by atoms with van der Waals surface area (Å²) in [5, 5.41) is 12.0. The average molecular weight is 727 g/mol. The van der Waals surface area contributed by atoms with Crippen LogP contribution in [0.3, 0.4) is 0 Å². The molecule has 3 heteroatoms. The molecular weight excluding hydrogens is 685 g/mol. The van der Waals surface area contributed by atoms with Crippen molar-refractivity contribution in [3.8, 4) is 22.3 Å². The Hall–Kier alpha value is -6.03. The number of hydrogen-bond donors (Lipinski definition) is 1. The third-order valence-corrected chi connectivity index (χ3v) is 12.5. The average Bonchev–Trinajstić information content (AvgIpc) is 3.64. The van der Waals surface area contributed by atoms with Crippen LogP contribution in [0.15, 0.2) is 168 Å². The van der Waals surface area contributed by atoms with Crippen molar-refractivity contribution in [2.24, 2.45) is 4.99 Å². The highest BCUT2D eigenvalue weighted by molar-refractivity contribution is 7.26. The molecule has 0 spiro atoms. The summed E-state index contributed by atoms with van der Waals surface area (Å²) in [5.41, 5.74) is 12.2. The maximum absolute atomic E-state index is 5.38. The van der Waals surface area contributed by atoms with Gasteiger partial charge < -0.3 is 5.32 Å². The van der Waals surface area contributed by atoms with Crippen molar-refractivity contribution in [3.05, 3.63) is 186 Å². The molecule has 10 rings (SSSR count). The van der Waals surface area contributed by atoms with Crippen molar-refractivity contribution >= 4 is 64.6 Å². The van der Waals surface area contributed by atoms with Crippen LogP contribution in [0.4, 0.5) is 0 Å². The Kier molecular flexibility index (Phi) is 8.53.